The Balaban J connectivity index is 1.56. The van der Waals surface area contributed by atoms with Gasteiger partial charge in [0.05, 0.1) is 19.8 Å². The Hall–Kier alpha value is -1.33. The monoisotopic (exact) mass is 680 g/mol. The molecule has 0 bridgehead atoms. The van der Waals surface area contributed by atoms with Crippen molar-refractivity contribution in [1.82, 2.24) is 0 Å². The van der Waals surface area contributed by atoms with Crippen LogP contribution in [-0.4, -0.2) is 220 Å². The normalized spacial score (nSPS) is 51.9. The molecule has 4 rings (SSSR count). The quantitative estimate of drug-likeness (QED) is 0.102. The Labute approximate surface area is 258 Å². The minimum absolute atomic E-state index is 0.808. The van der Waals surface area contributed by atoms with E-state index in [1.165, 1.54) is 0 Å². The number of rotatable bonds is 10. The SMILES string of the molecule is O=C(O)[C@H]1O[C@H](O)[C@H](O[C@H]2O[C@H](CO[C@@H]3O[C@H](CO)[C@@H](O)[C@H](O)[C@H]3O)[C@@H](O[C@@H]3O[C@H](CO)[C@@H](O)[C@H](O)[C@H]3O)[C@H](O)[C@@H]2O)[C@@H](O)[C@@H]1O. The summed E-state index contributed by atoms with van der Waals surface area (Å²) in [5, 5.41) is 142. The third-order valence-electron chi connectivity index (χ3n) is 8.15. The number of aliphatic carboxylic acids is 1. The van der Waals surface area contributed by atoms with Crippen molar-refractivity contribution in [2.24, 2.45) is 0 Å². The summed E-state index contributed by atoms with van der Waals surface area (Å²) in [5.74, 6) is -1.73. The lowest BCUT2D eigenvalue weighted by Crippen LogP contribution is -2.67. The Morgan fingerprint density at radius 1 is 0.500 bits per heavy atom. The van der Waals surface area contributed by atoms with E-state index < -0.39 is 149 Å². The lowest BCUT2D eigenvalue weighted by molar-refractivity contribution is -0.385. The second-order valence-corrected chi connectivity index (χ2v) is 11.2. The van der Waals surface area contributed by atoms with Gasteiger partial charge < -0.3 is 105 Å². The molecule has 0 aromatic carbocycles. The van der Waals surface area contributed by atoms with Gasteiger partial charge in [0.1, 0.15) is 91.6 Å². The number of aliphatic hydroxyl groups excluding tert-OH is 13. The molecule has 4 saturated heterocycles. The van der Waals surface area contributed by atoms with Crippen LogP contribution in [0.5, 0.6) is 0 Å². The summed E-state index contributed by atoms with van der Waals surface area (Å²) in [6, 6.07) is 0. The van der Waals surface area contributed by atoms with Crippen molar-refractivity contribution in [3.63, 3.8) is 0 Å². The summed E-state index contributed by atoms with van der Waals surface area (Å²) in [6.45, 7) is -2.47. The van der Waals surface area contributed by atoms with E-state index in [4.69, 9.17) is 38.3 Å². The number of carboxylic acid groups (broad SMARTS) is 1. The molecule has 22 nitrogen and oxygen atoms in total. The first kappa shape index (κ1) is 37.5. The largest absolute Gasteiger partial charge is 0.479 e. The Morgan fingerprint density at radius 3 is 1.46 bits per heavy atom. The van der Waals surface area contributed by atoms with Crippen LogP contribution < -0.4 is 0 Å². The predicted octanol–water partition coefficient (Wildman–Crippen LogP) is -9.66. The Bertz CT molecular complexity index is 988. The van der Waals surface area contributed by atoms with Crippen LogP contribution in [0.4, 0.5) is 0 Å². The van der Waals surface area contributed by atoms with Gasteiger partial charge in [-0.3, -0.25) is 0 Å². The van der Waals surface area contributed by atoms with E-state index in [1.54, 1.807) is 0 Å². The Kier molecular flexibility index (Phi) is 12.6. The average Bonchev–Trinajstić information content (AvgIpc) is 3.02. The van der Waals surface area contributed by atoms with Crippen molar-refractivity contribution in [3.05, 3.63) is 0 Å². The van der Waals surface area contributed by atoms with Crippen molar-refractivity contribution >= 4 is 5.97 Å². The first-order chi connectivity index (χ1) is 21.6. The minimum atomic E-state index is -2.21. The topological polar surface area (TPSA) is 365 Å². The fourth-order valence-electron chi connectivity index (χ4n) is 5.41. The van der Waals surface area contributed by atoms with Gasteiger partial charge in [-0.05, 0) is 0 Å². The van der Waals surface area contributed by atoms with Crippen molar-refractivity contribution in [2.45, 2.75) is 123 Å². The van der Waals surface area contributed by atoms with Crippen LogP contribution >= 0.6 is 0 Å². The highest BCUT2D eigenvalue weighted by molar-refractivity contribution is 5.73. The third kappa shape index (κ3) is 7.46. The van der Waals surface area contributed by atoms with Gasteiger partial charge in [0.2, 0.25) is 0 Å². The van der Waals surface area contributed by atoms with Gasteiger partial charge in [-0.1, -0.05) is 0 Å². The summed E-state index contributed by atoms with van der Waals surface area (Å²) in [5.41, 5.74) is 0. The van der Waals surface area contributed by atoms with Gasteiger partial charge in [-0.15, -0.1) is 0 Å². The van der Waals surface area contributed by atoms with E-state index in [9.17, 15) is 71.2 Å². The molecule has 46 heavy (non-hydrogen) atoms. The van der Waals surface area contributed by atoms with E-state index in [0.29, 0.717) is 0 Å². The summed E-state index contributed by atoms with van der Waals surface area (Å²) < 4.78 is 37.4. The molecule has 20 atom stereocenters. The van der Waals surface area contributed by atoms with Crippen LogP contribution in [0.2, 0.25) is 0 Å². The van der Waals surface area contributed by atoms with Gasteiger partial charge in [0.25, 0.3) is 0 Å². The van der Waals surface area contributed by atoms with Crippen molar-refractivity contribution < 1.29 is 109 Å². The van der Waals surface area contributed by atoms with Crippen LogP contribution in [0.15, 0.2) is 0 Å². The fraction of sp³-hybridized carbons (Fsp3) is 0.958. The number of hydrogen-bond acceptors (Lipinski definition) is 21. The van der Waals surface area contributed by atoms with Crippen molar-refractivity contribution in [1.29, 1.82) is 0 Å². The third-order valence-corrected chi connectivity index (χ3v) is 8.15. The van der Waals surface area contributed by atoms with Crippen LogP contribution in [-0.2, 0) is 38.0 Å². The maximum Gasteiger partial charge on any atom is 0.335 e. The van der Waals surface area contributed by atoms with E-state index in [-0.39, 0.29) is 0 Å². The smallest absolute Gasteiger partial charge is 0.335 e. The zero-order valence-corrected chi connectivity index (χ0v) is 23.7. The molecule has 0 aromatic rings. The van der Waals surface area contributed by atoms with E-state index in [2.05, 4.69) is 0 Å². The molecular formula is C24H40O22. The number of carboxylic acids is 1. The van der Waals surface area contributed by atoms with E-state index in [1.807, 2.05) is 0 Å². The molecule has 0 spiro atoms. The van der Waals surface area contributed by atoms with Crippen LogP contribution in [0.1, 0.15) is 0 Å². The zero-order chi connectivity index (χ0) is 34.2. The molecule has 4 aliphatic rings. The van der Waals surface area contributed by atoms with Gasteiger partial charge in [-0.2, -0.15) is 0 Å². The molecular weight excluding hydrogens is 640 g/mol. The molecule has 4 heterocycles. The molecule has 0 amide bonds. The fourth-order valence-corrected chi connectivity index (χ4v) is 5.41. The molecule has 14 N–H and O–H groups in total. The minimum Gasteiger partial charge on any atom is -0.479 e. The lowest BCUT2D eigenvalue weighted by Gasteiger charge is -2.48. The molecule has 0 saturated carbocycles. The van der Waals surface area contributed by atoms with Gasteiger partial charge in [0.15, 0.2) is 31.3 Å². The summed E-state index contributed by atoms with van der Waals surface area (Å²) in [4.78, 5) is 11.3. The standard InChI is InChI=1S/C24H40O22/c25-1-4-7(27)9(29)14(34)22(41-4)40-3-6-17(45-23-15(35)10(30)8(28)5(2-26)42-23)13(33)16(36)24(43-6)46-19-12(32)11(31)18(20(37)38)44-21(19)39/h4-19,21-36,39H,1-3H2,(H,37,38)/t4-,5-,6-,7-,8-,9+,10+,11+,12+,13-,14-,15-,16+,17-,18+,19-,21+,22-,23+,24-/m1/s1. The van der Waals surface area contributed by atoms with E-state index >= 15 is 0 Å². The predicted molar refractivity (Wildman–Crippen MR) is 134 cm³/mol. The number of ether oxygens (including phenoxy) is 7. The maximum absolute atomic E-state index is 11.3. The van der Waals surface area contributed by atoms with Crippen LogP contribution in [0.25, 0.3) is 0 Å². The van der Waals surface area contributed by atoms with Gasteiger partial charge in [0, 0.05) is 0 Å². The lowest BCUT2D eigenvalue weighted by atomic mass is 9.96. The second kappa shape index (κ2) is 15.5. The molecule has 0 aliphatic carbocycles. The zero-order valence-electron chi connectivity index (χ0n) is 23.7. The maximum atomic E-state index is 11.3. The highest BCUT2D eigenvalue weighted by Gasteiger charge is 2.55. The summed E-state index contributed by atoms with van der Waals surface area (Å²) in [6.07, 6.45) is -38.0. The van der Waals surface area contributed by atoms with Gasteiger partial charge >= 0.3 is 5.97 Å². The number of carbonyl (C=O) groups is 1. The van der Waals surface area contributed by atoms with Crippen LogP contribution in [0, 0.1) is 0 Å². The van der Waals surface area contributed by atoms with Crippen molar-refractivity contribution in [2.75, 3.05) is 19.8 Å². The average molecular weight is 681 g/mol. The first-order valence-corrected chi connectivity index (χ1v) is 14.1. The number of hydrogen-bond donors (Lipinski definition) is 14. The van der Waals surface area contributed by atoms with E-state index in [0.717, 1.165) is 0 Å². The summed E-state index contributed by atoms with van der Waals surface area (Å²) >= 11 is 0. The van der Waals surface area contributed by atoms with Crippen LogP contribution in [0.3, 0.4) is 0 Å². The highest BCUT2D eigenvalue weighted by Crippen LogP contribution is 2.33. The molecule has 0 aromatic heterocycles. The molecule has 0 radical (unpaired) electrons. The van der Waals surface area contributed by atoms with Crippen molar-refractivity contribution in [3.8, 4) is 0 Å². The summed E-state index contributed by atoms with van der Waals surface area (Å²) in [7, 11) is 0. The molecule has 0 unspecified atom stereocenters. The molecule has 4 aliphatic heterocycles. The highest BCUT2D eigenvalue weighted by atomic mass is 16.8. The molecule has 268 valence electrons. The molecule has 22 heteroatoms. The second-order valence-electron chi connectivity index (χ2n) is 11.2. The first-order valence-electron chi connectivity index (χ1n) is 14.1. The Morgan fingerprint density at radius 2 is 0.935 bits per heavy atom. The number of aliphatic hydroxyl groups is 13. The molecule has 4 fully saturated rings. The van der Waals surface area contributed by atoms with Gasteiger partial charge in [-0.25, -0.2) is 4.79 Å².